The zero-order chi connectivity index (χ0) is 7.68. The van der Waals surface area contributed by atoms with Crippen molar-refractivity contribution in [2.75, 3.05) is 0 Å². The van der Waals surface area contributed by atoms with Crippen molar-refractivity contribution in [3.05, 3.63) is 0 Å². The van der Waals surface area contributed by atoms with E-state index < -0.39 is 0 Å². The molecule has 0 aromatic heterocycles. The predicted octanol–water partition coefficient (Wildman–Crippen LogP) is 2.30. The van der Waals surface area contributed by atoms with Crippen LogP contribution in [-0.2, 0) is 0 Å². The van der Waals surface area contributed by atoms with E-state index in [2.05, 4.69) is 0 Å². The summed E-state index contributed by atoms with van der Waals surface area (Å²) < 4.78 is 0. The average molecular weight is 153 g/mol. The van der Waals surface area contributed by atoms with E-state index in [0.29, 0.717) is 6.04 Å². The molecule has 1 atom stereocenters. The maximum atomic E-state index is 6.15. The Morgan fingerprint density at radius 3 is 1.91 bits per heavy atom. The first-order chi connectivity index (χ1) is 5.38. The van der Waals surface area contributed by atoms with E-state index in [4.69, 9.17) is 5.73 Å². The second kappa shape index (κ2) is 3.14. The maximum absolute atomic E-state index is 6.15. The van der Waals surface area contributed by atoms with Crippen LogP contribution in [0.3, 0.4) is 0 Å². The SMILES string of the molecule is N[C@H](C1CCCCC1)C1CC1. The monoisotopic (exact) mass is 153 g/mol. The summed E-state index contributed by atoms with van der Waals surface area (Å²) in [6.07, 6.45) is 9.98. The van der Waals surface area contributed by atoms with Gasteiger partial charge < -0.3 is 5.73 Å². The standard InChI is InChI=1S/C10H19N/c11-10(9-6-7-9)8-4-2-1-3-5-8/h8-10H,1-7,11H2/t10-/m1/s1. The fourth-order valence-electron chi connectivity index (χ4n) is 2.39. The van der Waals surface area contributed by atoms with Gasteiger partial charge in [-0.3, -0.25) is 0 Å². The van der Waals surface area contributed by atoms with Gasteiger partial charge in [-0.1, -0.05) is 19.3 Å². The van der Waals surface area contributed by atoms with Crippen molar-refractivity contribution in [2.24, 2.45) is 17.6 Å². The van der Waals surface area contributed by atoms with Gasteiger partial charge in [0.1, 0.15) is 0 Å². The molecule has 2 aliphatic rings. The normalized spacial score (nSPS) is 30.3. The summed E-state index contributed by atoms with van der Waals surface area (Å²) in [7, 11) is 0. The molecule has 0 radical (unpaired) electrons. The van der Waals surface area contributed by atoms with Crippen molar-refractivity contribution in [1.29, 1.82) is 0 Å². The lowest BCUT2D eigenvalue weighted by molar-refractivity contribution is 0.286. The maximum Gasteiger partial charge on any atom is 0.00956 e. The van der Waals surface area contributed by atoms with Crippen LogP contribution in [0.25, 0.3) is 0 Å². The number of hydrogen-bond acceptors (Lipinski definition) is 1. The van der Waals surface area contributed by atoms with Gasteiger partial charge in [0.15, 0.2) is 0 Å². The Balaban J connectivity index is 1.81. The third-order valence-electron chi connectivity index (χ3n) is 3.36. The van der Waals surface area contributed by atoms with Gasteiger partial charge in [0.25, 0.3) is 0 Å². The van der Waals surface area contributed by atoms with Crippen LogP contribution in [-0.4, -0.2) is 6.04 Å². The third kappa shape index (κ3) is 1.76. The molecule has 0 aliphatic heterocycles. The minimum Gasteiger partial charge on any atom is -0.327 e. The first kappa shape index (κ1) is 7.60. The zero-order valence-corrected chi connectivity index (χ0v) is 7.26. The molecule has 1 heteroatoms. The van der Waals surface area contributed by atoms with Gasteiger partial charge in [0.05, 0.1) is 0 Å². The summed E-state index contributed by atoms with van der Waals surface area (Å²) in [4.78, 5) is 0. The molecule has 2 saturated carbocycles. The second-order valence-electron chi connectivity index (χ2n) is 4.31. The summed E-state index contributed by atoms with van der Waals surface area (Å²) in [5.41, 5.74) is 6.15. The van der Waals surface area contributed by atoms with Crippen LogP contribution >= 0.6 is 0 Å². The largest absolute Gasteiger partial charge is 0.327 e. The molecule has 0 unspecified atom stereocenters. The topological polar surface area (TPSA) is 26.0 Å². The Bertz CT molecular complexity index is 123. The fraction of sp³-hybridized carbons (Fsp3) is 1.00. The molecule has 64 valence electrons. The molecule has 2 N–H and O–H groups in total. The highest BCUT2D eigenvalue weighted by molar-refractivity contribution is 4.89. The number of nitrogens with two attached hydrogens (primary N) is 1. The Morgan fingerprint density at radius 2 is 1.36 bits per heavy atom. The summed E-state index contributed by atoms with van der Waals surface area (Å²) in [5.74, 6) is 1.80. The first-order valence-electron chi connectivity index (χ1n) is 5.13. The molecule has 0 bridgehead atoms. The molecule has 1 nitrogen and oxygen atoms in total. The molecule has 2 aliphatic carbocycles. The smallest absolute Gasteiger partial charge is 0.00956 e. The molecule has 0 heterocycles. The molecule has 0 aromatic carbocycles. The Hall–Kier alpha value is -0.0400. The van der Waals surface area contributed by atoms with Gasteiger partial charge in [0.2, 0.25) is 0 Å². The Labute approximate surface area is 69.4 Å². The van der Waals surface area contributed by atoms with Gasteiger partial charge in [0, 0.05) is 6.04 Å². The molecule has 0 spiro atoms. The second-order valence-corrected chi connectivity index (χ2v) is 4.31. The summed E-state index contributed by atoms with van der Waals surface area (Å²) in [5, 5.41) is 0. The van der Waals surface area contributed by atoms with E-state index in [1.54, 1.807) is 0 Å². The van der Waals surface area contributed by atoms with Crippen molar-refractivity contribution >= 4 is 0 Å². The van der Waals surface area contributed by atoms with E-state index in [9.17, 15) is 0 Å². The van der Waals surface area contributed by atoms with Crippen LogP contribution in [0.1, 0.15) is 44.9 Å². The highest BCUT2D eigenvalue weighted by Gasteiger charge is 2.33. The van der Waals surface area contributed by atoms with Gasteiger partial charge in [-0.25, -0.2) is 0 Å². The van der Waals surface area contributed by atoms with Crippen molar-refractivity contribution in [3.8, 4) is 0 Å². The van der Waals surface area contributed by atoms with E-state index >= 15 is 0 Å². The van der Waals surface area contributed by atoms with Crippen molar-refractivity contribution in [1.82, 2.24) is 0 Å². The molecule has 2 fully saturated rings. The molecule has 2 rings (SSSR count). The van der Waals surface area contributed by atoms with E-state index in [1.807, 2.05) is 0 Å². The molecular weight excluding hydrogens is 134 g/mol. The van der Waals surface area contributed by atoms with Gasteiger partial charge in [-0.05, 0) is 37.5 Å². The van der Waals surface area contributed by atoms with E-state index in [1.165, 1.54) is 44.9 Å². The minimum absolute atomic E-state index is 0.565. The van der Waals surface area contributed by atoms with Crippen LogP contribution in [0.5, 0.6) is 0 Å². The molecule has 0 aromatic rings. The Kier molecular flexibility index (Phi) is 2.17. The lowest BCUT2D eigenvalue weighted by atomic mass is 9.82. The summed E-state index contributed by atoms with van der Waals surface area (Å²) in [6, 6.07) is 0.565. The van der Waals surface area contributed by atoms with Crippen LogP contribution < -0.4 is 5.73 Å². The van der Waals surface area contributed by atoms with Gasteiger partial charge >= 0.3 is 0 Å². The zero-order valence-electron chi connectivity index (χ0n) is 7.26. The van der Waals surface area contributed by atoms with E-state index in [0.717, 1.165) is 11.8 Å². The minimum atomic E-state index is 0.565. The predicted molar refractivity (Wildman–Crippen MR) is 47.3 cm³/mol. The lowest BCUT2D eigenvalue weighted by Gasteiger charge is -2.27. The van der Waals surface area contributed by atoms with Crippen LogP contribution in [0.4, 0.5) is 0 Å². The molecule has 0 amide bonds. The van der Waals surface area contributed by atoms with Crippen molar-refractivity contribution < 1.29 is 0 Å². The number of hydrogen-bond donors (Lipinski definition) is 1. The van der Waals surface area contributed by atoms with Crippen molar-refractivity contribution in [3.63, 3.8) is 0 Å². The summed E-state index contributed by atoms with van der Waals surface area (Å²) in [6.45, 7) is 0. The average Bonchev–Trinajstić information content (AvgIpc) is 2.87. The van der Waals surface area contributed by atoms with Crippen LogP contribution in [0.15, 0.2) is 0 Å². The molecule has 11 heavy (non-hydrogen) atoms. The quantitative estimate of drug-likeness (QED) is 0.647. The third-order valence-corrected chi connectivity index (χ3v) is 3.36. The van der Waals surface area contributed by atoms with E-state index in [-0.39, 0.29) is 0 Å². The Morgan fingerprint density at radius 1 is 0.818 bits per heavy atom. The van der Waals surface area contributed by atoms with Crippen molar-refractivity contribution in [2.45, 2.75) is 51.0 Å². The summed E-state index contributed by atoms with van der Waals surface area (Å²) >= 11 is 0. The highest BCUT2D eigenvalue weighted by Crippen LogP contribution is 2.38. The van der Waals surface area contributed by atoms with Crippen LogP contribution in [0, 0.1) is 11.8 Å². The van der Waals surface area contributed by atoms with Gasteiger partial charge in [-0.2, -0.15) is 0 Å². The highest BCUT2D eigenvalue weighted by atomic mass is 14.7. The number of rotatable bonds is 2. The first-order valence-corrected chi connectivity index (χ1v) is 5.13. The fourth-order valence-corrected chi connectivity index (χ4v) is 2.39. The molecular formula is C10H19N. The lowest BCUT2D eigenvalue weighted by Crippen LogP contribution is -2.33. The molecule has 0 saturated heterocycles. The van der Waals surface area contributed by atoms with Crippen LogP contribution in [0.2, 0.25) is 0 Å². The van der Waals surface area contributed by atoms with Gasteiger partial charge in [-0.15, -0.1) is 0 Å².